The van der Waals surface area contributed by atoms with Crippen LogP contribution in [0.5, 0.6) is 0 Å². The summed E-state index contributed by atoms with van der Waals surface area (Å²) >= 11 is 1.31. The van der Waals surface area contributed by atoms with Crippen LogP contribution in [0.25, 0.3) is 5.69 Å². The third kappa shape index (κ3) is 4.89. The molecule has 0 fully saturated rings. The number of anilines is 1. The molecule has 0 saturated heterocycles. The average Bonchev–Trinajstić information content (AvgIpc) is 3.09. The summed E-state index contributed by atoms with van der Waals surface area (Å²) in [4.78, 5) is 11.5. The molecule has 0 aliphatic heterocycles. The van der Waals surface area contributed by atoms with Gasteiger partial charge in [-0.15, -0.1) is 10.2 Å². The zero-order chi connectivity index (χ0) is 19.2. The Morgan fingerprint density at radius 2 is 1.67 bits per heavy atom. The second-order valence-corrected chi connectivity index (χ2v) is 7.10. The first-order chi connectivity index (χ1) is 13.1. The van der Waals surface area contributed by atoms with Gasteiger partial charge in [-0.05, 0) is 38.1 Å². The van der Waals surface area contributed by atoms with E-state index in [1.54, 1.807) is 0 Å². The number of esters is 1. The highest BCUT2D eigenvalue weighted by atomic mass is 32.2. The Hall–Kier alpha value is -2.80. The third-order valence-electron chi connectivity index (χ3n) is 4.04. The SMILES string of the molecule is COC(=O)CSc1nnc(CNc2ccc(C)cc2)n1-c1ccc(C)cc1. The Labute approximate surface area is 163 Å². The number of nitrogens with one attached hydrogen (secondary N) is 1. The number of carbonyl (C=O) groups is 1. The van der Waals surface area contributed by atoms with Gasteiger partial charge in [0.05, 0.1) is 19.4 Å². The fourth-order valence-corrected chi connectivity index (χ4v) is 3.30. The van der Waals surface area contributed by atoms with Crippen LogP contribution in [0.1, 0.15) is 17.0 Å². The van der Waals surface area contributed by atoms with Crippen molar-refractivity contribution in [2.45, 2.75) is 25.5 Å². The van der Waals surface area contributed by atoms with Crippen molar-refractivity contribution in [3.05, 3.63) is 65.5 Å². The van der Waals surface area contributed by atoms with Crippen LogP contribution in [0.3, 0.4) is 0 Å². The van der Waals surface area contributed by atoms with Gasteiger partial charge in [-0.1, -0.05) is 47.2 Å². The van der Waals surface area contributed by atoms with Gasteiger partial charge in [0.2, 0.25) is 0 Å². The number of benzene rings is 2. The van der Waals surface area contributed by atoms with Gasteiger partial charge in [-0.25, -0.2) is 0 Å². The number of aryl methyl sites for hydroxylation is 2. The lowest BCUT2D eigenvalue weighted by molar-refractivity contribution is -0.137. The van der Waals surface area contributed by atoms with Gasteiger partial charge in [0, 0.05) is 11.4 Å². The van der Waals surface area contributed by atoms with Crippen molar-refractivity contribution < 1.29 is 9.53 Å². The molecule has 1 heterocycles. The van der Waals surface area contributed by atoms with E-state index in [0.717, 1.165) is 17.2 Å². The van der Waals surface area contributed by atoms with E-state index in [4.69, 9.17) is 4.74 Å². The van der Waals surface area contributed by atoms with Crippen molar-refractivity contribution in [2.75, 3.05) is 18.2 Å². The maximum absolute atomic E-state index is 11.5. The van der Waals surface area contributed by atoms with Gasteiger partial charge in [0.1, 0.15) is 0 Å². The molecule has 140 valence electrons. The van der Waals surface area contributed by atoms with Crippen LogP contribution >= 0.6 is 11.8 Å². The number of rotatable bonds is 7. The molecule has 0 radical (unpaired) electrons. The second kappa shape index (κ2) is 8.73. The predicted molar refractivity (Wildman–Crippen MR) is 107 cm³/mol. The summed E-state index contributed by atoms with van der Waals surface area (Å²) in [6.45, 7) is 4.62. The molecule has 3 aromatic rings. The highest BCUT2D eigenvalue weighted by Crippen LogP contribution is 2.23. The van der Waals surface area contributed by atoms with Gasteiger partial charge in [0.25, 0.3) is 0 Å². The molecule has 2 aromatic carbocycles. The van der Waals surface area contributed by atoms with Gasteiger partial charge in [0.15, 0.2) is 11.0 Å². The van der Waals surface area contributed by atoms with Gasteiger partial charge in [-0.3, -0.25) is 9.36 Å². The summed E-state index contributed by atoms with van der Waals surface area (Å²) in [7, 11) is 1.38. The van der Waals surface area contributed by atoms with Crippen molar-refractivity contribution in [1.82, 2.24) is 14.8 Å². The monoisotopic (exact) mass is 382 g/mol. The van der Waals surface area contributed by atoms with Gasteiger partial charge >= 0.3 is 5.97 Å². The van der Waals surface area contributed by atoms with E-state index >= 15 is 0 Å². The Bertz CT molecular complexity index is 905. The molecule has 6 nitrogen and oxygen atoms in total. The van der Waals surface area contributed by atoms with Crippen LogP contribution in [-0.2, 0) is 16.1 Å². The predicted octanol–water partition coefficient (Wildman–Crippen LogP) is 3.76. The molecule has 3 rings (SSSR count). The molecule has 1 aromatic heterocycles. The minimum Gasteiger partial charge on any atom is -0.468 e. The summed E-state index contributed by atoms with van der Waals surface area (Å²) in [5.74, 6) is 0.663. The van der Waals surface area contributed by atoms with E-state index in [1.807, 2.05) is 47.9 Å². The first-order valence-electron chi connectivity index (χ1n) is 8.58. The number of thioether (sulfide) groups is 1. The highest BCUT2D eigenvalue weighted by Gasteiger charge is 2.16. The summed E-state index contributed by atoms with van der Waals surface area (Å²) in [5.41, 5.74) is 4.36. The van der Waals surface area contributed by atoms with Crippen LogP contribution in [-0.4, -0.2) is 33.6 Å². The van der Waals surface area contributed by atoms with Crippen LogP contribution in [0.2, 0.25) is 0 Å². The molecule has 0 amide bonds. The Morgan fingerprint density at radius 3 is 2.30 bits per heavy atom. The van der Waals surface area contributed by atoms with E-state index < -0.39 is 0 Å². The quantitative estimate of drug-likeness (QED) is 0.496. The van der Waals surface area contributed by atoms with E-state index in [9.17, 15) is 4.79 Å². The Kier molecular flexibility index (Phi) is 6.13. The van der Waals surface area contributed by atoms with Crippen molar-refractivity contribution in [3.63, 3.8) is 0 Å². The van der Waals surface area contributed by atoms with Crippen molar-refractivity contribution >= 4 is 23.4 Å². The van der Waals surface area contributed by atoms with Crippen LogP contribution in [0.15, 0.2) is 53.7 Å². The zero-order valence-electron chi connectivity index (χ0n) is 15.6. The fraction of sp³-hybridized carbons (Fsp3) is 0.250. The largest absolute Gasteiger partial charge is 0.468 e. The summed E-state index contributed by atoms with van der Waals surface area (Å²) in [5, 5.41) is 12.6. The number of carbonyl (C=O) groups excluding carboxylic acids is 1. The molecular formula is C20H22N4O2S. The van der Waals surface area contributed by atoms with Crippen molar-refractivity contribution in [1.29, 1.82) is 0 Å². The van der Waals surface area contributed by atoms with Gasteiger partial charge in [-0.2, -0.15) is 0 Å². The molecule has 27 heavy (non-hydrogen) atoms. The number of hydrogen-bond acceptors (Lipinski definition) is 6. The summed E-state index contributed by atoms with van der Waals surface area (Å²) in [6.07, 6.45) is 0. The molecule has 0 saturated carbocycles. The molecule has 0 aliphatic rings. The van der Waals surface area contributed by atoms with E-state index in [-0.39, 0.29) is 11.7 Å². The minimum absolute atomic E-state index is 0.186. The smallest absolute Gasteiger partial charge is 0.316 e. The molecule has 1 N–H and O–H groups in total. The minimum atomic E-state index is -0.294. The number of ether oxygens (including phenoxy) is 1. The standard InChI is InChI=1S/C20H22N4O2S/c1-14-4-8-16(9-5-14)21-12-18-22-23-20(27-13-19(25)26-3)24(18)17-10-6-15(2)7-11-17/h4-11,21H,12-13H2,1-3H3. The number of aromatic nitrogens is 3. The summed E-state index contributed by atoms with van der Waals surface area (Å²) in [6, 6.07) is 16.3. The molecule has 0 aliphatic carbocycles. The molecule has 0 atom stereocenters. The third-order valence-corrected chi connectivity index (χ3v) is 4.94. The van der Waals surface area contributed by atoms with Crippen molar-refractivity contribution in [3.8, 4) is 5.69 Å². The van der Waals surface area contributed by atoms with E-state index in [0.29, 0.717) is 11.7 Å². The van der Waals surface area contributed by atoms with Crippen LogP contribution in [0, 0.1) is 13.8 Å². The number of nitrogens with zero attached hydrogens (tertiary/aromatic N) is 3. The summed E-state index contributed by atoms with van der Waals surface area (Å²) < 4.78 is 6.69. The van der Waals surface area contributed by atoms with Crippen LogP contribution < -0.4 is 5.32 Å². The number of methoxy groups -OCH3 is 1. The maximum Gasteiger partial charge on any atom is 0.316 e. The number of hydrogen-bond donors (Lipinski definition) is 1. The van der Waals surface area contributed by atoms with Gasteiger partial charge < -0.3 is 10.1 Å². The maximum atomic E-state index is 11.5. The Morgan fingerprint density at radius 1 is 1.04 bits per heavy atom. The lowest BCUT2D eigenvalue weighted by Crippen LogP contribution is -2.09. The normalized spacial score (nSPS) is 10.6. The average molecular weight is 382 g/mol. The molecular weight excluding hydrogens is 360 g/mol. The first-order valence-corrected chi connectivity index (χ1v) is 9.57. The second-order valence-electron chi connectivity index (χ2n) is 6.15. The molecule has 0 unspecified atom stereocenters. The van der Waals surface area contributed by atoms with E-state index in [2.05, 4.69) is 34.6 Å². The first kappa shape index (κ1) is 19.0. The molecule has 0 spiro atoms. The highest BCUT2D eigenvalue weighted by molar-refractivity contribution is 7.99. The molecule has 7 heteroatoms. The lowest BCUT2D eigenvalue weighted by Gasteiger charge is -2.12. The van der Waals surface area contributed by atoms with E-state index in [1.165, 1.54) is 30.0 Å². The lowest BCUT2D eigenvalue weighted by atomic mass is 10.2. The van der Waals surface area contributed by atoms with Crippen molar-refractivity contribution in [2.24, 2.45) is 0 Å². The Balaban J connectivity index is 1.85. The van der Waals surface area contributed by atoms with Crippen LogP contribution in [0.4, 0.5) is 5.69 Å². The molecule has 0 bridgehead atoms. The topological polar surface area (TPSA) is 69.0 Å². The zero-order valence-corrected chi connectivity index (χ0v) is 16.4. The fourth-order valence-electron chi connectivity index (χ4n) is 2.50.